The molecule has 3 nitrogen and oxygen atoms in total. The van der Waals surface area contributed by atoms with Crippen LogP contribution in [0.2, 0.25) is 0 Å². The number of anilines is 2. The highest BCUT2D eigenvalue weighted by Gasteiger charge is 2.07. The molecule has 1 aromatic heterocycles. The Morgan fingerprint density at radius 3 is 2.89 bits per heavy atom. The largest absolute Gasteiger partial charge is 0.397 e. The van der Waals surface area contributed by atoms with Gasteiger partial charge in [-0.1, -0.05) is 26.2 Å². The maximum absolute atomic E-state index is 6.22. The summed E-state index contributed by atoms with van der Waals surface area (Å²) in [6.07, 6.45) is 6.79. The van der Waals surface area contributed by atoms with E-state index < -0.39 is 0 Å². The molecule has 102 valence electrons. The first-order chi connectivity index (χ1) is 9.22. The summed E-state index contributed by atoms with van der Waals surface area (Å²) < 4.78 is 0. The van der Waals surface area contributed by atoms with Crippen molar-refractivity contribution in [3.8, 4) is 0 Å². The summed E-state index contributed by atoms with van der Waals surface area (Å²) >= 11 is 0. The molecule has 0 saturated heterocycles. The molecule has 0 bridgehead atoms. The van der Waals surface area contributed by atoms with Gasteiger partial charge in [0.1, 0.15) is 0 Å². The van der Waals surface area contributed by atoms with Crippen LogP contribution < -0.4 is 11.1 Å². The maximum Gasteiger partial charge on any atom is 0.0724 e. The van der Waals surface area contributed by atoms with E-state index in [0.29, 0.717) is 6.04 Å². The molecule has 0 spiro atoms. The Morgan fingerprint density at radius 1 is 1.26 bits per heavy atom. The van der Waals surface area contributed by atoms with Gasteiger partial charge < -0.3 is 11.1 Å². The summed E-state index contributed by atoms with van der Waals surface area (Å²) in [5.41, 5.74) is 8.98. The summed E-state index contributed by atoms with van der Waals surface area (Å²) in [5, 5.41) is 4.53. The predicted octanol–water partition coefficient (Wildman–Crippen LogP) is 4.20. The van der Waals surface area contributed by atoms with Crippen LogP contribution in [0.5, 0.6) is 0 Å². The number of pyridine rings is 1. The van der Waals surface area contributed by atoms with Crippen LogP contribution in [-0.4, -0.2) is 11.0 Å². The molecule has 0 aliphatic rings. The minimum absolute atomic E-state index is 0.447. The van der Waals surface area contributed by atoms with E-state index in [1.54, 1.807) is 6.20 Å². The second-order valence-corrected chi connectivity index (χ2v) is 5.14. The summed E-state index contributed by atoms with van der Waals surface area (Å²) in [6.45, 7) is 4.44. The van der Waals surface area contributed by atoms with Gasteiger partial charge in [0, 0.05) is 17.6 Å². The molecule has 1 atom stereocenters. The lowest BCUT2D eigenvalue weighted by Gasteiger charge is -2.17. The number of fused-ring (bicyclic) bond motifs is 1. The Morgan fingerprint density at radius 2 is 2.11 bits per heavy atom. The third-order valence-electron chi connectivity index (χ3n) is 3.47. The van der Waals surface area contributed by atoms with Gasteiger partial charge in [0.15, 0.2) is 0 Å². The summed E-state index contributed by atoms with van der Waals surface area (Å²) in [6, 6.07) is 8.44. The fourth-order valence-corrected chi connectivity index (χ4v) is 2.34. The van der Waals surface area contributed by atoms with Gasteiger partial charge >= 0.3 is 0 Å². The van der Waals surface area contributed by atoms with Gasteiger partial charge in [0.05, 0.1) is 16.9 Å². The third-order valence-corrected chi connectivity index (χ3v) is 3.47. The fraction of sp³-hybridized carbons (Fsp3) is 0.438. The number of unbranched alkanes of at least 4 members (excludes halogenated alkanes) is 2. The minimum Gasteiger partial charge on any atom is -0.397 e. The summed E-state index contributed by atoms with van der Waals surface area (Å²) in [4.78, 5) is 4.32. The number of nitrogens with one attached hydrogen (secondary N) is 1. The number of hydrogen-bond donors (Lipinski definition) is 2. The molecule has 0 aliphatic heterocycles. The predicted molar refractivity (Wildman–Crippen MR) is 83.4 cm³/mol. The van der Waals surface area contributed by atoms with Gasteiger partial charge in [-0.25, -0.2) is 0 Å². The fourth-order valence-electron chi connectivity index (χ4n) is 2.34. The average molecular weight is 257 g/mol. The van der Waals surface area contributed by atoms with E-state index in [1.807, 2.05) is 24.3 Å². The molecule has 0 aliphatic carbocycles. The molecular formula is C16H23N3. The number of aromatic nitrogens is 1. The van der Waals surface area contributed by atoms with Crippen molar-refractivity contribution in [2.75, 3.05) is 11.1 Å². The summed E-state index contributed by atoms with van der Waals surface area (Å²) in [5.74, 6) is 0. The molecule has 3 heteroatoms. The first-order valence-electron chi connectivity index (χ1n) is 7.12. The highest BCUT2D eigenvalue weighted by molar-refractivity contribution is 5.96. The highest BCUT2D eigenvalue weighted by atomic mass is 14.9. The van der Waals surface area contributed by atoms with E-state index in [4.69, 9.17) is 5.73 Å². The number of nitrogens with two attached hydrogens (primary N) is 1. The van der Waals surface area contributed by atoms with E-state index in [1.165, 1.54) is 25.7 Å². The molecule has 19 heavy (non-hydrogen) atoms. The zero-order valence-electron chi connectivity index (χ0n) is 11.8. The van der Waals surface area contributed by atoms with Crippen LogP contribution in [-0.2, 0) is 0 Å². The molecule has 0 fully saturated rings. The molecule has 2 aromatic rings. The Hall–Kier alpha value is -1.77. The van der Waals surface area contributed by atoms with Crippen LogP contribution in [0.15, 0.2) is 30.5 Å². The van der Waals surface area contributed by atoms with Crippen LogP contribution in [0.4, 0.5) is 11.4 Å². The van der Waals surface area contributed by atoms with Crippen LogP contribution in [0.1, 0.15) is 39.5 Å². The van der Waals surface area contributed by atoms with Crippen molar-refractivity contribution in [3.05, 3.63) is 30.5 Å². The van der Waals surface area contributed by atoms with Crippen molar-refractivity contribution in [2.24, 2.45) is 0 Å². The molecular weight excluding hydrogens is 234 g/mol. The van der Waals surface area contributed by atoms with Crippen molar-refractivity contribution in [3.63, 3.8) is 0 Å². The molecule has 1 aromatic carbocycles. The van der Waals surface area contributed by atoms with Crippen molar-refractivity contribution >= 4 is 22.3 Å². The van der Waals surface area contributed by atoms with Crippen LogP contribution in [0.3, 0.4) is 0 Å². The van der Waals surface area contributed by atoms with Gasteiger partial charge in [0.2, 0.25) is 0 Å². The number of benzene rings is 1. The Bertz CT molecular complexity index is 537. The summed E-state index contributed by atoms with van der Waals surface area (Å²) in [7, 11) is 0. The lowest BCUT2D eigenvalue weighted by Crippen LogP contribution is -2.16. The monoisotopic (exact) mass is 257 g/mol. The molecule has 0 saturated carbocycles. The van der Waals surface area contributed by atoms with E-state index in [-0.39, 0.29) is 0 Å². The Balaban J connectivity index is 2.10. The number of nitrogen functional groups attached to an aromatic ring is 1. The third kappa shape index (κ3) is 3.37. The SMILES string of the molecule is CCCCCC(C)Nc1ccc2ncccc2c1N. The van der Waals surface area contributed by atoms with Crippen LogP contribution in [0, 0.1) is 0 Å². The smallest absolute Gasteiger partial charge is 0.0724 e. The zero-order valence-corrected chi connectivity index (χ0v) is 11.8. The number of rotatable bonds is 6. The number of nitrogens with zero attached hydrogens (tertiary/aromatic N) is 1. The Labute approximate surface area is 115 Å². The molecule has 1 unspecified atom stereocenters. The van der Waals surface area contributed by atoms with Crippen molar-refractivity contribution < 1.29 is 0 Å². The first-order valence-corrected chi connectivity index (χ1v) is 7.12. The molecule has 0 amide bonds. The van der Waals surface area contributed by atoms with Crippen molar-refractivity contribution in [2.45, 2.75) is 45.6 Å². The minimum atomic E-state index is 0.447. The van der Waals surface area contributed by atoms with Gasteiger partial charge in [0.25, 0.3) is 0 Å². The molecule has 3 N–H and O–H groups in total. The van der Waals surface area contributed by atoms with Crippen LogP contribution >= 0.6 is 0 Å². The van der Waals surface area contributed by atoms with Crippen molar-refractivity contribution in [1.82, 2.24) is 4.98 Å². The normalized spacial score (nSPS) is 12.5. The lowest BCUT2D eigenvalue weighted by molar-refractivity contribution is 0.615. The second-order valence-electron chi connectivity index (χ2n) is 5.14. The molecule has 0 radical (unpaired) electrons. The highest BCUT2D eigenvalue weighted by Crippen LogP contribution is 2.28. The van der Waals surface area contributed by atoms with E-state index in [2.05, 4.69) is 24.1 Å². The topological polar surface area (TPSA) is 50.9 Å². The molecule has 1 heterocycles. The average Bonchev–Trinajstić information content (AvgIpc) is 2.43. The Kier molecular flexibility index (Phi) is 4.61. The maximum atomic E-state index is 6.22. The van der Waals surface area contributed by atoms with Gasteiger partial charge in [-0.15, -0.1) is 0 Å². The molecule has 2 rings (SSSR count). The zero-order chi connectivity index (χ0) is 13.7. The van der Waals surface area contributed by atoms with Gasteiger partial charge in [-0.3, -0.25) is 4.98 Å². The van der Waals surface area contributed by atoms with Gasteiger partial charge in [-0.2, -0.15) is 0 Å². The second kappa shape index (κ2) is 6.41. The van der Waals surface area contributed by atoms with E-state index in [0.717, 1.165) is 22.3 Å². The first kappa shape index (κ1) is 13.7. The van der Waals surface area contributed by atoms with E-state index >= 15 is 0 Å². The quantitative estimate of drug-likeness (QED) is 0.602. The van der Waals surface area contributed by atoms with Gasteiger partial charge in [-0.05, 0) is 37.6 Å². The lowest BCUT2D eigenvalue weighted by atomic mass is 10.1. The van der Waals surface area contributed by atoms with E-state index in [9.17, 15) is 0 Å². The number of hydrogen-bond acceptors (Lipinski definition) is 3. The standard InChI is InChI=1S/C16H23N3/c1-3-4-5-7-12(2)19-15-10-9-14-13(16(15)17)8-6-11-18-14/h6,8-12,19H,3-5,7,17H2,1-2H3. The van der Waals surface area contributed by atoms with Crippen molar-refractivity contribution in [1.29, 1.82) is 0 Å². The van der Waals surface area contributed by atoms with Crippen LogP contribution in [0.25, 0.3) is 10.9 Å².